The fraction of sp³-hybridized carbons (Fsp3) is 0.0952. The van der Waals surface area contributed by atoms with Crippen LogP contribution in [0.15, 0.2) is 66.0 Å². The highest BCUT2D eigenvalue weighted by atomic mass is 32.1. The third-order valence-electron chi connectivity index (χ3n) is 4.27. The Kier molecular flexibility index (Phi) is 5.71. The summed E-state index contributed by atoms with van der Waals surface area (Å²) in [6.07, 6.45) is 4.70. The number of carbonyl (C=O) groups is 1. The number of methoxy groups -OCH3 is 1. The molecule has 2 aromatic carbocycles. The summed E-state index contributed by atoms with van der Waals surface area (Å²) in [6, 6.07) is 9.30. The number of benzene rings is 2. The molecule has 9 heteroatoms. The van der Waals surface area contributed by atoms with Crippen LogP contribution in [0.25, 0.3) is 5.69 Å². The minimum Gasteiger partial charge on any atom is -0.493 e. The molecule has 1 amide bonds. The summed E-state index contributed by atoms with van der Waals surface area (Å²) in [7, 11) is 1.50. The predicted octanol–water partition coefficient (Wildman–Crippen LogP) is 4.31. The van der Waals surface area contributed by atoms with E-state index in [2.05, 4.69) is 15.3 Å². The third kappa shape index (κ3) is 4.31. The van der Waals surface area contributed by atoms with Gasteiger partial charge in [-0.05, 0) is 36.4 Å². The number of nitrogens with one attached hydrogen (secondary N) is 1. The molecule has 2 heterocycles. The molecule has 0 unspecified atom stereocenters. The van der Waals surface area contributed by atoms with Crippen LogP contribution in [0.2, 0.25) is 0 Å². The molecule has 2 aromatic heterocycles. The van der Waals surface area contributed by atoms with Gasteiger partial charge in [0, 0.05) is 29.0 Å². The second kappa shape index (κ2) is 8.75. The van der Waals surface area contributed by atoms with Crippen LogP contribution >= 0.6 is 11.3 Å². The van der Waals surface area contributed by atoms with Crippen molar-refractivity contribution in [2.75, 3.05) is 12.4 Å². The fourth-order valence-electron chi connectivity index (χ4n) is 2.79. The van der Waals surface area contributed by atoms with Crippen molar-refractivity contribution in [1.82, 2.24) is 14.5 Å². The lowest BCUT2D eigenvalue weighted by Gasteiger charge is -2.12. The molecule has 0 aliphatic carbocycles. The van der Waals surface area contributed by atoms with Crippen molar-refractivity contribution in [3.8, 4) is 17.2 Å². The molecule has 7 nitrogen and oxygen atoms in total. The van der Waals surface area contributed by atoms with Crippen LogP contribution in [0.4, 0.5) is 10.1 Å². The molecule has 0 atom stereocenters. The van der Waals surface area contributed by atoms with Gasteiger partial charge in [0.15, 0.2) is 11.5 Å². The number of amides is 1. The number of halogens is 1. The van der Waals surface area contributed by atoms with Gasteiger partial charge in [0.25, 0.3) is 5.91 Å². The van der Waals surface area contributed by atoms with Crippen molar-refractivity contribution >= 4 is 22.9 Å². The molecule has 4 aromatic rings. The van der Waals surface area contributed by atoms with E-state index in [0.29, 0.717) is 35.0 Å². The lowest BCUT2D eigenvalue weighted by molar-refractivity contribution is 0.102. The molecule has 0 bridgehead atoms. The molecule has 0 aliphatic heterocycles. The zero-order chi connectivity index (χ0) is 20.9. The van der Waals surface area contributed by atoms with E-state index in [1.54, 1.807) is 52.8 Å². The molecule has 0 aliphatic rings. The van der Waals surface area contributed by atoms with Gasteiger partial charge in [-0.1, -0.05) is 0 Å². The summed E-state index contributed by atoms with van der Waals surface area (Å²) in [4.78, 5) is 20.7. The van der Waals surface area contributed by atoms with Crippen molar-refractivity contribution in [2.45, 2.75) is 6.61 Å². The molecule has 4 rings (SSSR count). The maximum Gasteiger partial charge on any atom is 0.255 e. The van der Waals surface area contributed by atoms with Gasteiger partial charge in [-0.25, -0.2) is 14.4 Å². The van der Waals surface area contributed by atoms with Gasteiger partial charge in [0.1, 0.15) is 12.4 Å². The number of anilines is 1. The van der Waals surface area contributed by atoms with Gasteiger partial charge in [-0.2, -0.15) is 0 Å². The number of hydrogen-bond acceptors (Lipinski definition) is 6. The summed E-state index contributed by atoms with van der Waals surface area (Å²) < 4.78 is 27.0. The zero-order valence-electron chi connectivity index (χ0n) is 15.9. The summed E-state index contributed by atoms with van der Waals surface area (Å²) in [5.74, 6) is 0.0422. The molecule has 0 saturated carbocycles. The molecule has 0 radical (unpaired) electrons. The minimum absolute atomic E-state index is 0.300. The van der Waals surface area contributed by atoms with Crippen molar-refractivity contribution in [3.05, 3.63) is 83.1 Å². The lowest BCUT2D eigenvalue weighted by atomic mass is 10.1. The topological polar surface area (TPSA) is 78.3 Å². The quantitative estimate of drug-likeness (QED) is 0.478. The van der Waals surface area contributed by atoms with Gasteiger partial charge in [-0.15, -0.1) is 11.3 Å². The maximum atomic E-state index is 14.4. The molecule has 0 saturated heterocycles. The lowest BCUT2D eigenvalue weighted by Crippen LogP contribution is -2.12. The largest absolute Gasteiger partial charge is 0.493 e. The van der Waals surface area contributed by atoms with Gasteiger partial charge >= 0.3 is 0 Å². The second-order valence-electron chi connectivity index (χ2n) is 6.22. The van der Waals surface area contributed by atoms with Gasteiger partial charge in [0.05, 0.1) is 30.3 Å². The number of ether oxygens (including phenoxy) is 2. The van der Waals surface area contributed by atoms with Crippen LogP contribution in [0.3, 0.4) is 0 Å². The average Bonchev–Trinajstić information content (AvgIpc) is 3.46. The summed E-state index contributed by atoms with van der Waals surface area (Å²) in [5.41, 5.74) is 3.57. The molecule has 152 valence electrons. The molecular weight excluding hydrogens is 407 g/mol. The van der Waals surface area contributed by atoms with E-state index in [4.69, 9.17) is 9.47 Å². The van der Waals surface area contributed by atoms with Gasteiger partial charge in [0.2, 0.25) is 0 Å². The van der Waals surface area contributed by atoms with Crippen molar-refractivity contribution in [1.29, 1.82) is 0 Å². The van der Waals surface area contributed by atoms with E-state index in [1.807, 2.05) is 5.38 Å². The summed E-state index contributed by atoms with van der Waals surface area (Å²) in [6.45, 7) is 0.300. The molecule has 30 heavy (non-hydrogen) atoms. The Hall–Kier alpha value is -3.72. The first-order valence-corrected chi connectivity index (χ1v) is 9.85. The first kappa shape index (κ1) is 19.6. The Morgan fingerprint density at radius 1 is 1.23 bits per heavy atom. The van der Waals surface area contributed by atoms with E-state index in [9.17, 15) is 9.18 Å². The minimum atomic E-state index is -0.478. The smallest absolute Gasteiger partial charge is 0.255 e. The number of carbonyl (C=O) groups excluding carboxylic acids is 1. The fourth-order valence-corrected chi connectivity index (χ4v) is 3.33. The van der Waals surface area contributed by atoms with Gasteiger partial charge < -0.3 is 19.4 Å². The van der Waals surface area contributed by atoms with Crippen LogP contribution in [0.1, 0.15) is 16.1 Å². The first-order valence-electron chi connectivity index (χ1n) is 8.91. The normalized spacial score (nSPS) is 10.6. The Morgan fingerprint density at radius 2 is 2.13 bits per heavy atom. The Bertz CT molecular complexity index is 1150. The number of hydrogen-bond donors (Lipinski definition) is 1. The van der Waals surface area contributed by atoms with Crippen molar-refractivity contribution in [2.24, 2.45) is 0 Å². The van der Waals surface area contributed by atoms with Crippen LogP contribution in [-0.4, -0.2) is 27.6 Å². The first-order chi connectivity index (χ1) is 14.6. The Morgan fingerprint density at radius 3 is 2.83 bits per heavy atom. The Labute approximate surface area is 175 Å². The number of nitrogens with zero attached hydrogens (tertiary/aromatic N) is 3. The summed E-state index contributed by atoms with van der Waals surface area (Å²) in [5, 5.41) is 4.58. The van der Waals surface area contributed by atoms with Crippen LogP contribution < -0.4 is 14.8 Å². The number of thiazole rings is 1. The van der Waals surface area contributed by atoms with Crippen molar-refractivity contribution < 1.29 is 18.7 Å². The van der Waals surface area contributed by atoms with E-state index in [-0.39, 0.29) is 0 Å². The standard InChI is InChI=1S/C21H17FN4O3S/c1-28-20-8-14(2-5-19(20)29-10-16-11-30-13-24-16)21(27)25-15-3-4-18(17(22)9-15)26-7-6-23-12-26/h2-9,11-13H,10H2,1H3,(H,25,27). The number of rotatable bonds is 7. The molecule has 0 fully saturated rings. The van der Waals surface area contributed by atoms with E-state index < -0.39 is 11.7 Å². The highest BCUT2D eigenvalue weighted by Gasteiger charge is 2.13. The number of imidazole rings is 1. The summed E-state index contributed by atoms with van der Waals surface area (Å²) >= 11 is 1.49. The van der Waals surface area contributed by atoms with E-state index in [1.165, 1.54) is 30.8 Å². The van der Waals surface area contributed by atoms with E-state index in [0.717, 1.165) is 5.69 Å². The highest BCUT2D eigenvalue weighted by Crippen LogP contribution is 2.29. The van der Waals surface area contributed by atoms with E-state index >= 15 is 0 Å². The van der Waals surface area contributed by atoms with Gasteiger partial charge in [-0.3, -0.25) is 4.79 Å². The number of aromatic nitrogens is 3. The maximum absolute atomic E-state index is 14.4. The zero-order valence-corrected chi connectivity index (χ0v) is 16.7. The Balaban J connectivity index is 1.47. The monoisotopic (exact) mass is 424 g/mol. The highest BCUT2D eigenvalue weighted by molar-refractivity contribution is 7.07. The molecule has 1 N–H and O–H groups in total. The van der Waals surface area contributed by atoms with Crippen LogP contribution in [0, 0.1) is 5.82 Å². The third-order valence-corrected chi connectivity index (χ3v) is 4.91. The average molecular weight is 424 g/mol. The van der Waals surface area contributed by atoms with Crippen LogP contribution in [-0.2, 0) is 6.61 Å². The second-order valence-corrected chi connectivity index (χ2v) is 6.94. The van der Waals surface area contributed by atoms with Crippen molar-refractivity contribution in [3.63, 3.8) is 0 Å². The predicted molar refractivity (Wildman–Crippen MR) is 111 cm³/mol. The molecule has 0 spiro atoms. The van der Waals surface area contributed by atoms with Crippen LogP contribution in [0.5, 0.6) is 11.5 Å². The molecular formula is C21H17FN4O3S. The SMILES string of the molecule is COc1cc(C(=O)Nc2ccc(-n3ccnc3)c(F)c2)ccc1OCc1cscn1.